The third-order valence-corrected chi connectivity index (χ3v) is 8.92. The predicted octanol–water partition coefficient (Wildman–Crippen LogP) is 10.6. The number of carboxylic acid groups (broad SMARTS) is 1. The minimum absolute atomic E-state index is 0.0283. The molecule has 10 nitrogen and oxygen atoms in total. The molecule has 0 rings (SSSR count). The summed E-state index contributed by atoms with van der Waals surface area (Å²) in [6.45, 7) is 3.56. The number of phosphoric acid groups is 1. The van der Waals surface area contributed by atoms with E-state index in [0.29, 0.717) is 13.0 Å². The predicted molar refractivity (Wildman–Crippen MR) is 217 cm³/mol. The highest BCUT2D eigenvalue weighted by Crippen LogP contribution is 2.43. The lowest BCUT2D eigenvalue weighted by Crippen LogP contribution is -2.34. The van der Waals surface area contributed by atoms with Crippen molar-refractivity contribution in [2.75, 3.05) is 26.4 Å². The van der Waals surface area contributed by atoms with Gasteiger partial charge in [-0.25, -0.2) is 4.57 Å². The van der Waals surface area contributed by atoms with E-state index >= 15 is 0 Å². The van der Waals surface area contributed by atoms with Gasteiger partial charge in [0.05, 0.1) is 19.8 Å². The van der Waals surface area contributed by atoms with Crippen molar-refractivity contribution in [3.05, 3.63) is 72.9 Å². The van der Waals surface area contributed by atoms with Gasteiger partial charge in [-0.15, -0.1) is 0 Å². The van der Waals surface area contributed by atoms with Gasteiger partial charge in [0.15, 0.2) is 0 Å². The minimum atomic E-state index is -4.63. The van der Waals surface area contributed by atoms with Crippen molar-refractivity contribution in [2.24, 2.45) is 5.73 Å². The molecule has 0 fully saturated rings. The van der Waals surface area contributed by atoms with E-state index in [1.54, 1.807) is 0 Å². The van der Waals surface area contributed by atoms with Gasteiger partial charge in [-0.1, -0.05) is 132 Å². The number of rotatable bonds is 37. The first kappa shape index (κ1) is 50.4. The van der Waals surface area contributed by atoms with Crippen molar-refractivity contribution in [2.45, 2.75) is 154 Å². The van der Waals surface area contributed by atoms with Gasteiger partial charge in [-0.2, -0.15) is 0 Å². The van der Waals surface area contributed by atoms with Crippen LogP contribution in [0.15, 0.2) is 72.9 Å². The smallest absolute Gasteiger partial charge is 0.472 e. The van der Waals surface area contributed by atoms with Crippen LogP contribution in [0.3, 0.4) is 0 Å². The van der Waals surface area contributed by atoms with Crippen LogP contribution in [0.2, 0.25) is 0 Å². The Morgan fingerprint density at radius 1 is 0.623 bits per heavy atom. The van der Waals surface area contributed by atoms with Crippen molar-refractivity contribution in [3.8, 4) is 0 Å². The Bertz CT molecular complexity index is 1120. The molecule has 11 heteroatoms. The summed E-state index contributed by atoms with van der Waals surface area (Å²) in [5.41, 5.74) is 5.34. The zero-order chi connectivity index (χ0) is 39.1. The molecule has 0 aromatic carbocycles. The SMILES string of the molecule is CC/C=C\C/C=C\C/C=C\C/C=C\CCCOCC(COP(=O)(O)OCC(N)C(=O)O)OC(=O)CCCCCCCCC/C=C\C/C=C\CCCCC. The van der Waals surface area contributed by atoms with E-state index in [1.165, 1.54) is 44.9 Å². The summed E-state index contributed by atoms with van der Waals surface area (Å²) in [7, 11) is -4.63. The standard InChI is InChI=1S/C42H72NO9P/c1-3-5-7-9-11-13-15-17-19-20-21-22-24-26-28-30-32-34-41(44)52-39(37-50-53(47,48)51-38-40(43)42(45)46)36-49-35-33-31-29-27-25-23-18-16-14-12-10-8-6-4-2/h6,8,11-14,17-19,23,27,29,39-40H,3-5,7,9-10,15-16,20-22,24-26,28,30-38,43H2,1-2H3,(H,45,46)(H,47,48)/b8-6-,13-11-,14-12-,19-17-,23-18-,29-27-. The molecule has 0 saturated heterocycles. The molecule has 0 aromatic rings. The molecular formula is C42H72NO9P. The Morgan fingerprint density at radius 3 is 1.64 bits per heavy atom. The highest BCUT2D eigenvalue weighted by Gasteiger charge is 2.27. The Hall–Kier alpha value is -2.59. The Labute approximate surface area is 321 Å². The molecule has 0 aromatic heterocycles. The number of carboxylic acids is 1. The van der Waals surface area contributed by atoms with Crippen molar-refractivity contribution in [3.63, 3.8) is 0 Å². The van der Waals surface area contributed by atoms with E-state index in [4.69, 9.17) is 24.8 Å². The summed E-state index contributed by atoms with van der Waals surface area (Å²) in [5.74, 6) is -1.82. The van der Waals surface area contributed by atoms with Gasteiger partial charge < -0.3 is 25.2 Å². The summed E-state index contributed by atoms with van der Waals surface area (Å²) in [4.78, 5) is 33.4. The van der Waals surface area contributed by atoms with Gasteiger partial charge in [0, 0.05) is 13.0 Å². The van der Waals surface area contributed by atoms with E-state index in [2.05, 4.69) is 91.3 Å². The topological polar surface area (TPSA) is 155 Å². The maximum atomic E-state index is 12.6. The van der Waals surface area contributed by atoms with E-state index in [1.807, 2.05) is 0 Å². The maximum absolute atomic E-state index is 12.6. The number of hydrogen-bond donors (Lipinski definition) is 3. The lowest BCUT2D eigenvalue weighted by molar-refractivity contribution is -0.154. The van der Waals surface area contributed by atoms with E-state index < -0.39 is 45.1 Å². The lowest BCUT2D eigenvalue weighted by atomic mass is 10.1. The van der Waals surface area contributed by atoms with E-state index in [9.17, 15) is 19.0 Å². The Kier molecular flexibility index (Phi) is 35.9. The molecule has 4 N–H and O–H groups in total. The fraction of sp³-hybridized carbons (Fsp3) is 0.667. The largest absolute Gasteiger partial charge is 0.480 e. The van der Waals surface area contributed by atoms with Gasteiger partial charge in [-0.05, 0) is 77.0 Å². The summed E-state index contributed by atoms with van der Waals surface area (Å²) in [6.07, 6.45) is 45.4. The first-order valence-corrected chi connectivity index (χ1v) is 21.5. The van der Waals surface area contributed by atoms with Gasteiger partial charge in [0.25, 0.3) is 0 Å². The third-order valence-electron chi connectivity index (χ3n) is 7.97. The monoisotopic (exact) mass is 765 g/mol. The van der Waals surface area contributed by atoms with Crippen LogP contribution in [0.4, 0.5) is 0 Å². The number of esters is 1. The molecule has 0 saturated carbocycles. The highest BCUT2D eigenvalue weighted by atomic mass is 31.2. The molecule has 0 amide bonds. The average molecular weight is 766 g/mol. The van der Waals surface area contributed by atoms with E-state index in [0.717, 1.165) is 70.6 Å². The zero-order valence-corrected chi connectivity index (χ0v) is 33.7. The summed E-state index contributed by atoms with van der Waals surface area (Å²) in [6, 6.07) is -1.49. The van der Waals surface area contributed by atoms with Crippen LogP contribution < -0.4 is 5.73 Å². The van der Waals surface area contributed by atoms with E-state index in [-0.39, 0.29) is 13.0 Å². The Balaban J connectivity index is 4.39. The molecular weight excluding hydrogens is 693 g/mol. The summed E-state index contributed by atoms with van der Waals surface area (Å²) in [5, 5.41) is 8.87. The second kappa shape index (κ2) is 37.7. The second-order valence-corrected chi connectivity index (χ2v) is 14.5. The molecule has 0 radical (unpaired) electrons. The van der Waals surface area contributed by atoms with Crippen LogP contribution in [-0.4, -0.2) is 60.5 Å². The number of unbranched alkanes of at least 4 members (excludes halogenated alkanes) is 11. The van der Waals surface area contributed by atoms with Crippen LogP contribution >= 0.6 is 7.82 Å². The van der Waals surface area contributed by atoms with Crippen molar-refractivity contribution < 1.29 is 42.7 Å². The Morgan fingerprint density at radius 2 is 1.09 bits per heavy atom. The lowest BCUT2D eigenvalue weighted by Gasteiger charge is -2.20. The number of ether oxygens (including phenoxy) is 2. The molecule has 3 atom stereocenters. The summed E-state index contributed by atoms with van der Waals surface area (Å²) >= 11 is 0. The first-order valence-electron chi connectivity index (χ1n) is 20.0. The fourth-order valence-electron chi connectivity index (χ4n) is 4.87. The molecule has 3 unspecified atom stereocenters. The van der Waals surface area contributed by atoms with Crippen LogP contribution in [0.1, 0.15) is 142 Å². The van der Waals surface area contributed by atoms with Crippen molar-refractivity contribution in [1.82, 2.24) is 0 Å². The molecule has 0 aliphatic carbocycles. The van der Waals surface area contributed by atoms with Crippen LogP contribution in [0.25, 0.3) is 0 Å². The van der Waals surface area contributed by atoms with Gasteiger partial charge in [0.1, 0.15) is 12.1 Å². The minimum Gasteiger partial charge on any atom is -0.480 e. The summed E-state index contributed by atoms with van der Waals surface area (Å²) < 4.78 is 33.2. The number of aliphatic carboxylic acids is 1. The first-order chi connectivity index (χ1) is 25.7. The maximum Gasteiger partial charge on any atom is 0.472 e. The average Bonchev–Trinajstić information content (AvgIpc) is 3.13. The quantitative estimate of drug-likeness (QED) is 0.0241. The number of carbonyl (C=O) groups is 2. The number of hydrogen-bond acceptors (Lipinski definition) is 8. The number of carbonyl (C=O) groups excluding carboxylic acids is 1. The second-order valence-electron chi connectivity index (χ2n) is 13.0. The van der Waals surface area contributed by atoms with Gasteiger partial charge in [-0.3, -0.25) is 18.6 Å². The molecule has 53 heavy (non-hydrogen) atoms. The highest BCUT2D eigenvalue weighted by molar-refractivity contribution is 7.47. The van der Waals surface area contributed by atoms with Gasteiger partial charge in [0.2, 0.25) is 0 Å². The third kappa shape index (κ3) is 37.5. The number of allylic oxidation sites excluding steroid dienone is 12. The molecule has 0 aliphatic rings. The molecule has 0 aliphatic heterocycles. The van der Waals surface area contributed by atoms with Gasteiger partial charge >= 0.3 is 19.8 Å². The zero-order valence-electron chi connectivity index (χ0n) is 32.8. The normalized spacial score (nSPS) is 14.8. The van der Waals surface area contributed by atoms with Crippen LogP contribution in [0.5, 0.6) is 0 Å². The molecule has 0 spiro atoms. The van der Waals surface area contributed by atoms with Crippen molar-refractivity contribution in [1.29, 1.82) is 0 Å². The number of nitrogens with two attached hydrogens (primary N) is 1. The molecule has 304 valence electrons. The number of phosphoric ester groups is 1. The van der Waals surface area contributed by atoms with Crippen molar-refractivity contribution >= 4 is 19.8 Å². The van der Waals surface area contributed by atoms with Crippen LogP contribution in [0, 0.1) is 0 Å². The molecule has 0 bridgehead atoms. The fourth-order valence-corrected chi connectivity index (χ4v) is 5.65. The molecule has 0 heterocycles. The van der Waals surface area contributed by atoms with Crippen LogP contribution in [-0.2, 0) is 32.7 Å².